The van der Waals surface area contributed by atoms with Gasteiger partial charge < -0.3 is 14.6 Å². The van der Waals surface area contributed by atoms with Crippen molar-refractivity contribution in [3.05, 3.63) is 73.1 Å². The van der Waals surface area contributed by atoms with Gasteiger partial charge in [0.25, 0.3) is 0 Å². The maximum absolute atomic E-state index is 5.41. The maximum atomic E-state index is 5.41. The molecule has 172 valence electrons. The molecule has 6 rings (SSSR count). The summed E-state index contributed by atoms with van der Waals surface area (Å²) in [5.74, 6) is 1.46. The first-order valence-corrected chi connectivity index (χ1v) is 11.2. The number of anilines is 1. The van der Waals surface area contributed by atoms with Crippen LogP contribution in [0.25, 0.3) is 56.0 Å². The molecule has 0 amide bonds. The molecule has 8 heteroatoms. The summed E-state index contributed by atoms with van der Waals surface area (Å²) in [7, 11) is 5.66. The number of ether oxygens (including phenoxy) is 1. The maximum Gasteiger partial charge on any atom is 0.161 e. The molecule has 2 aromatic carbocycles. The molecular weight excluding hydrogens is 438 g/mol. The molecule has 0 fully saturated rings. The molecule has 0 saturated carbocycles. The van der Waals surface area contributed by atoms with E-state index >= 15 is 0 Å². The number of rotatable bonds is 5. The van der Waals surface area contributed by atoms with Gasteiger partial charge in [-0.25, -0.2) is 9.97 Å². The summed E-state index contributed by atoms with van der Waals surface area (Å²) in [6, 6.07) is 20.1. The van der Waals surface area contributed by atoms with Gasteiger partial charge in [0, 0.05) is 31.4 Å². The lowest BCUT2D eigenvalue weighted by molar-refractivity contribution is 0.415. The number of methoxy groups -OCH3 is 1. The number of benzene rings is 2. The highest BCUT2D eigenvalue weighted by atomic mass is 16.5. The van der Waals surface area contributed by atoms with E-state index in [0.717, 1.165) is 55.9 Å². The third-order valence-electron chi connectivity index (χ3n) is 6.06. The van der Waals surface area contributed by atoms with E-state index < -0.39 is 0 Å². The molecule has 0 radical (unpaired) electrons. The van der Waals surface area contributed by atoms with E-state index in [-0.39, 0.29) is 0 Å². The Morgan fingerprint density at radius 2 is 1.71 bits per heavy atom. The summed E-state index contributed by atoms with van der Waals surface area (Å²) in [6.45, 7) is 0. The highest BCUT2D eigenvalue weighted by molar-refractivity contribution is 5.96. The van der Waals surface area contributed by atoms with Crippen molar-refractivity contribution in [2.24, 2.45) is 0 Å². The largest absolute Gasteiger partial charge is 0.497 e. The second-order valence-corrected chi connectivity index (χ2v) is 8.51. The van der Waals surface area contributed by atoms with Crippen molar-refractivity contribution in [1.29, 1.82) is 0 Å². The molecule has 0 saturated heterocycles. The van der Waals surface area contributed by atoms with Gasteiger partial charge in [0.15, 0.2) is 11.5 Å². The average Bonchev–Trinajstić information content (AvgIpc) is 3.52. The SMILES string of the molecule is COc1cccc(-c2cccc3[nH]c(-c4n[nH]c5ccc(-c6cncc(N(C)C)c6)nc45)nc23)c1. The fraction of sp³-hybridized carbons (Fsp3) is 0.111. The smallest absolute Gasteiger partial charge is 0.161 e. The Labute approximate surface area is 201 Å². The van der Waals surface area contributed by atoms with Gasteiger partial charge in [-0.1, -0.05) is 24.3 Å². The molecule has 4 aromatic heterocycles. The molecule has 0 atom stereocenters. The Morgan fingerprint density at radius 1 is 0.829 bits per heavy atom. The summed E-state index contributed by atoms with van der Waals surface area (Å²) in [5.41, 5.74) is 8.89. The van der Waals surface area contributed by atoms with Gasteiger partial charge in [-0.15, -0.1) is 0 Å². The van der Waals surface area contributed by atoms with Crippen molar-refractivity contribution in [2.45, 2.75) is 0 Å². The quantitative estimate of drug-likeness (QED) is 0.361. The Bertz CT molecular complexity index is 1680. The molecule has 0 bridgehead atoms. The first-order chi connectivity index (χ1) is 17.1. The zero-order valence-electron chi connectivity index (χ0n) is 19.6. The normalized spacial score (nSPS) is 11.3. The lowest BCUT2D eigenvalue weighted by atomic mass is 10.0. The van der Waals surface area contributed by atoms with Gasteiger partial charge in [-0.05, 0) is 42.0 Å². The molecule has 0 aliphatic rings. The van der Waals surface area contributed by atoms with Crippen LogP contribution in [0.15, 0.2) is 73.1 Å². The highest BCUT2D eigenvalue weighted by Gasteiger charge is 2.17. The molecule has 0 unspecified atom stereocenters. The van der Waals surface area contributed by atoms with Crippen LogP contribution in [0.2, 0.25) is 0 Å². The molecule has 0 aliphatic heterocycles. The average molecular weight is 462 g/mol. The molecule has 8 nitrogen and oxygen atoms in total. The van der Waals surface area contributed by atoms with E-state index in [9.17, 15) is 0 Å². The van der Waals surface area contributed by atoms with E-state index in [1.807, 2.05) is 73.9 Å². The predicted molar refractivity (Wildman–Crippen MR) is 139 cm³/mol. The van der Waals surface area contributed by atoms with Gasteiger partial charge in [0.2, 0.25) is 0 Å². The van der Waals surface area contributed by atoms with E-state index in [1.54, 1.807) is 7.11 Å². The molecule has 4 heterocycles. The fourth-order valence-corrected chi connectivity index (χ4v) is 4.21. The fourth-order valence-electron chi connectivity index (χ4n) is 4.21. The summed E-state index contributed by atoms with van der Waals surface area (Å²) < 4.78 is 5.41. The minimum Gasteiger partial charge on any atom is -0.497 e. The van der Waals surface area contributed by atoms with E-state index in [4.69, 9.17) is 14.7 Å². The topological polar surface area (TPSA) is 95.6 Å². The standard InChI is InChI=1S/C27H23N7O/c1-34(2)18-12-17(14-28-15-18)21-10-11-23-25(29-21)26(33-32-23)27-30-22-9-5-8-20(24(22)31-27)16-6-4-7-19(13-16)35-3/h4-15H,1-3H3,(H,30,31)(H,32,33). The van der Waals surface area contributed by atoms with Crippen molar-refractivity contribution in [1.82, 2.24) is 30.1 Å². The molecule has 6 aromatic rings. The minimum atomic E-state index is 0.659. The second kappa shape index (κ2) is 8.25. The number of fused-ring (bicyclic) bond motifs is 2. The molecule has 0 spiro atoms. The number of H-pyrrole nitrogens is 2. The van der Waals surface area contributed by atoms with Crippen LogP contribution in [-0.2, 0) is 0 Å². The molecule has 35 heavy (non-hydrogen) atoms. The van der Waals surface area contributed by atoms with Gasteiger partial charge in [0.05, 0.1) is 41.2 Å². The summed E-state index contributed by atoms with van der Waals surface area (Å²) in [4.78, 5) is 19.7. The van der Waals surface area contributed by atoms with Crippen molar-refractivity contribution in [3.8, 4) is 39.7 Å². The number of hydrogen-bond donors (Lipinski definition) is 2. The lowest BCUT2D eigenvalue weighted by Crippen LogP contribution is -2.08. The third-order valence-corrected chi connectivity index (χ3v) is 6.06. The molecule has 2 N–H and O–H groups in total. The third kappa shape index (κ3) is 3.65. The van der Waals surface area contributed by atoms with Crippen LogP contribution < -0.4 is 9.64 Å². The van der Waals surface area contributed by atoms with E-state index in [0.29, 0.717) is 11.5 Å². The van der Waals surface area contributed by atoms with E-state index in [1.165, 1.54) is 0 Å². The van der Waals surface area contributed by atoms with Crippen LogP contribution in [0, 0.1) is 0 Å². The van der Waals surface area contributed by atoms with Crippen molar-refractivity contribution in [2.75, 3.05) is 26.1 Å². The Morgan fingerprint density at radius 3 is 2.57 bits per heavy atom. The van der Waals surface area contributed by atoms with Crippen LogP contribution in [0.4, 0.5) is 5.69 Å². The zero-order valence-corrected chi connectivity index (χ0v) is 19.6. The predicted octanol–water partition coefficient (Wildman–Crippen LogP) is 5.30. The van der Waals surface area contributed by atoms with E-state index in [2.05, 4.69) is 38.4 Å². The van der Waals surface area contributed by atoms with Crippen molar-refractivity contribution < 1.29 is 4.74 Å². The Balaban J connectivity index is 1.47. The Kier molecular flexibility index (Phi) is 4.92. The second-order valence-electron chi connectivity index (χ2n) is 8.51. The van der Waals surface area contributed by atoms with Crippen LogP contribution in [0.1, 0.15) is 0 Å². The number of para-hydroxylation sites is 1. The number of nitrogens with zero attached hydrogens (tertiary/aromatic N) is 5. The monoisotopic (exact) mass is 461 g/mol. The molecular formula is C27H23N7O. The first-order valence-electron chi connectivity index (χ1n) is 11.2. The van der Waals surface area contributed by atoms with Crippen LogP contribution in [0.3, 0.4) is 0 Å². The number of nitrogens with one attached hydrogen (secondary N) is 2. The van der Waals surface area contributed by atoms with Crippen molar-refractivity contribution >= 4 is 27.8 Å². The van der Waals surface area contributed by atoms with Gasteiger partial charge in [-0.2, -0.15) is 5.10 Å². The lowest BCUT2D eigenvalue weighted by Gasteiger charge is -2.12. The minimum absolute atomic E-state index is 0.659. The van der Waals surface area contributed by atoms with Gasteiger partial charge in [0.1, 0.15) is 11.3 Å². The van der Waals surface area contributed by atoms with Crippen molar-refractivity contribution in [3.63, 3.8) is 0 Å². The Hall–Kier alpha value is -4.72. The summed E-state index contributed by atoms with van der Waals surface area (Å²) in [6.07, 6.45) is 3.65. The number of aromatic amines is 2. The number of aromatic nitrogens is 6. The van der Waals surface area contributed by atoms with Gasteiger partial charge in [-0.3, -0.25) is 10.1 Å². The summed E-state index contributed by atoms with van der Waals surface area (Å²) >= 11 is 0. The van der Waals surface area contributed by atoms with Gasteiger partial charge >= 0.3 is 0 Å². The number of hydrogen-bond acceptors (Lipinski definition) is 6. The number of pyridine rings is 2. The summed E-state index contributed by atoms with van der Waals surface area (Å²) in [5, 5.41) is 7.63. The first kappa shape index (κ1) is 20.9. The van der Waals surface area contributed by atoms with Crippen LogP contribution in [0.5, 0.6) is 5.75 Å². The van der Waals surface area contributed by atoms with Crippen LogP contribution in [-0.4, -0.2) is 51.3 Å². The molecule has 0 aliphatic carbocycles. The van der Waals surface area contributed by atoms with Crippen LogP contribution >= 0.6 is 0 Å². The highest BCUT2D eigenvalue weighted by Crippen LogP contribution is 2.33. The number of imidazole rings is 1. The zero-order chi connectivity index (χ0) is 23.9.